The minimum absolute atomic E-state index is 0.207. The molecular formula is C8H16N2S. The topological polar surface area (TPSA) is 38.0 Å². The molecule has 3 heteroatoms. The van der Waals surface area contributed by atoms with Gasteiger partial charge in [0.1, 0.15) is 0 Å². The van der Waals surface area contributed by atoms with Crippen LogP contribution in [0.5, 0.6) is 0 Å². The quantitative estimate of drug-likeness (QED) is 0.610. The maximum Gasteiger partial charge on any atom is 0.0405 e. The SMILES string of the molecule is C=CCNC1(CN)CCSC1. The summed E-state index contributed by atoms with van der Waals surface area (Å²) in [5, 5.41) is 3.43. The predicted octanol–water partition coefficient (Wildman–Crippen LogP) is 0.596. The molecule has 0 aromatic carbocycles. The van der Waals surface area contributed by atoms with Crippen LogP contribution < -0.4 is 11.1 Å². The second-order valence-corrected chi connectivity index (χ2v) is 4.06. The highest BCUT2D eigenvalue weighted by Gasteiger charge is 2.31. The van der Waals surface area contributed by atoms with Crippen LogP contribution in [0.2, 0.25) is 0 Å². The van der Waals surface area contributed by atoms with E-state index in [9.17, 15) is 0 Å². The lowest BCUT2D eigenvalue weighted by Crippen LogP contribution is -2.51. The minimum Gasteiger partial charge on any atom is -0.329 e. The first-order valence-electron chi connectivity index (χ1n) is 3.97. The maximum atomic E-state index is 5.70. The molecule has 1 atom stereocenters. The highest BCUT2D eigenvalue weighted by Crippen LogP contribution is 2.26. The fourth-order valence-corrected chi connectivity index (χ4v) is 2.70. The van der Waals surface area contributed by atoms with Crippen molar-refractivity contribution in [1.82, 2.24) is 5.32 Å². The Hall–Kier alpha value is 0.0100. The fourth-order valence-electron chi connectivity index (χ4n) is 1.27. The van der Waals surface area contributed by atoms with Crippen LogP contribution in [-0.2, 0) is 0 Å². The van der Waals surface area contributed by atoms with E-state index in [2.05, 4.69) is 11.9 Å². The molecule has 1 aliphatic heterocycles. The molecule has 11 heavy (non-hydrogen) atoms. The van der Waals surface area contributed by atoms with Crippen LogP contribution in [0.25, 0.3) is 0 Å². The minimum atomic E-state index is 0.207. The average molecular weight is 172 g/mol. The summed E-state index contributed by atoms with van der Waals surface area (Å²) in [5.74, 6) is 2.39. The van der Waals surface area contributed by atoms with Gasteiger partial charge in [-0.2, -0.15) is 11.8 Å². The molecule has 0 radical (unpaired) electrons. The lowest BCUT2D eigenvalue weighted by atomic mass is 9.99. The summed E-state index contributed by atoms with van der Waals surface area (Å²) in [7, 11) is 0. The molecule has 0 aromatic rings. The molecule has 1 fully saturated rings. The Morgan fingerprint density at radius 2 is 2.55 bits per heavy atom. The van der Waals surface area contributed by atoms with Crippen LogP contribution in [0.4, 0.5) is 0 Å². The average Bonchev–Trinajstić information content (AvgIpc) is 2.50. The van der Waals surface area contributed by atoms with Crippen molar-refractivity contribution in [2.75, 3.05) is 24.6 Å². The molecule has 0 aromatic heterocycles. The van der Waals surface area contributed by atoms with Crippen molar-refractivity contribution in [2.45, 2.75) is 12.0 Å². The van der Waals surface area contributed by atoms with Gasteiger partial charge in [-0.25, -0.2) is 0 Å². The molecule has 0 spiro atoms. The zero-order valence-corrected chi connectivity index (χ0v) is 7.62. The van der Waals surface area contributed by atoms with Crippen LogP contribution >= 0.6 is 11.8 Å². The van der Waals surface area contributed by atoms with Crippen molar-refractivity contribution in [3.05, 3.63) is 12.7 Å². The van der Waals surface area contributed by atoms with E-state index in [1.165, 1.54) is 12.2 Å². The van der Waals surface area contributed by atoms with Crippen LogP contribution in [-0.4, -0.2) is 30.1 Å². The molecule has 2 nitrogen and oxygen atoms in total. The summed E-state index contributed by atoms with van der Waals surface area (Å²) >= 11 is 1.98. The van der Waals surface area contributed by atoms with Gasteiger partial charge in [-0.1, -0.05) is 6.08 Å². The molecule has 3 N–H and O–H groups in total. The molecule has 1 rings (SSSR count). The highest BCUT2D eigenvalue weighted by atomic mass is 32.2. The van der Waals surface area contributed by atoms with E-state index in [1.807, 2.05) is 17.8 Å². The summed E-state index contributed by atoms with van der Waals surface area (Å²) < 4.78 is 0. The third-order valence-corrected chi connectivity index (χ3v) is 3.36. The van der Waals surface area contributed by atoms with Crippen molar-refractivity contribution < 1.29 is 0 Å². The van der Waals surface area contributed by atoms with E-state index in [1.54, 1.807) is 0 Å². The standard InChI is InChI=1S/C8H16N2S/c1-2-4-10-8(6-9)3-5-11-7-8/h2,10H,1,3-7,9H2. The maximum absolute atomic E-state index is 5.70. The van der Waals surface area contributed by atoms with E-state index < -0.39 is 0 Å². The fraction of sp³-hybridized carbons (Fsp3) is 0.750. The van der Waals surface area contributed by atoms with Crippen LogP contribution in [0.3, 0.4) is 0 Å². The van der Waals surface area contributed by atoms with Gasteiger partial charge >= 0.3 is 0 Å². The lowest BCUT2D eigenvalue weighted by Gasteiger charge is -2.27. The molecule has 0 aliphatic carbocycles. The molecule has 0 saturated carbocycles. The van der Waals surface area contributed by atoms with E-state index >= 15 is 0 Å². The highest BCUT2D eigenvalue weighted by molar-refractivity contribution is 7.99. The smallest absolute Gasteiger partial charge is 0.0405 e. The molecule has 1 aliphatic rings. The molecule has 0 bridgehead atoms. The molecule has 64 valence electrons. The van der Waals surface area contributed by atoms with Crippen molar-refractivity contribution >= 4 is 11.8 Å². The number of rotatable bonds is 4. The lowest BCUT2D eigenvalue weighted by molar-refractivity contribution is 0.391. The zero-order chi connectivity index (χ0) is 8.16. The Morgan fingerprint density at radius 3 is 3.00 bits per heavy atom. The largest absolute Gasteiger partial charge is 0.329 e. The van der Waals surface area contributed by atoms with E-state index in [0.717, 1.165) is 18.8 Å². The van der Waals surface area contributed by atoms with Crippen molar-refractivity contribution in [3.63, 3.8) is 0 Å². The van der Waals surface area contributed by atoms with Gasteiger partial charge in [-0.3, -0.25) is 0 Å². The number of nitrogens with two attached hydrogens (primary N) is 1. The number of nitrogens with one attached hydrogen (secondary N) is 1. The van der Waals surface area contributed by atoms with E-state index in [-0.39, 0.29) is 5.54 Å². The second kappa shape index (κ2) is 4.14. The van der Waals surface area contributed by atoms with Crippen LogP contribution in [0, 0.1) is 0 Å². The molecule has 1 heterocycles. The predicted molar refractivity (Wildman–Crippen MR) is 51.9 cm³/mol. The van der Waals surface area contributed by atoms with Crippen molar-refractivity contribution in [1.29, 1.82) is 0 Å². The summed E-state index contributed by atoms with van der Waals surface area (Å²) in [6.45, 7) is 5.29. The number of hydrogen-bond donors (Lipinski definition) is 2. The van der Waals surface area contributed by atoms with Crippen molar-refractivity contribution in [2.24, 2.45) is 5.73 Å². The third-order valence-electron chi connectivity index (χ3n) is 2.12. The molecular weight excluding hydrogens is 156 g/mol. The number of hydrogen-bond acceptors (Lipinski definition) is 3. The zero-order valence-electron chi connectivity index (χ0n) is 6.81. The van der Waals surface area contributed by atoms with Crippen molar-refractivity contribution in [3.8, 4) is 0 Å². The monoisotopic (exact) mass is 172 g/mol. The van der Waals surface area contributed by atoms with Gasteiger partial charge in [0.15, 0.2) is 0 Å². The third kappa shape index (κ3) is 2.22. The Balaban J connectivity index is 2.38. The summed E-state index contributed by atoms with van der Waals surface area (Å²) in [5.41, 5.74) is 5.91. The van der Waals surface area contributed by atoms with Crippen LogP contribution in [0.1, 0.15) is 6.42 Å². The Morgan fingerprint density at radius 1 is 1.73 bits per heavy atom. The van der Waals surface area contributed by atoms with Gasteiger partial charge in [0.25, 0.3) is 0 Å². The van der Waals surface area contributed by atoms with Gasteiger partial charge in [0.05, 0.1) is 0 Å². The Labute approximate surface area is 72.6 Å². The first-order chi connectivity index (χ1) is 5.33. The van der Waals surface area contributed by atoms with Gasteiger partial charge < -0.3 is 11.1 Å². The van der Waals surface area contributed by atoms with Gasteiger partial charge in [0.2, 0.25) is 0 Å². The molecule has 1 unspecified atom stereocenters. The number of thioether (sulfide) groups is 1. The van der Waals surface area contributed by atoms with Gasteiger partial charge in [0, 0.05) is 24.4 Å². The summed E-state index contributed by atoms with van der Waals surface area (Å²) in [4.78, 5) is 0. The first-order valence-corrected chi connectivity index (χ1v) is 5.12. The van der Waals surface area contributed by atoms with E-state index in [0.29, 0.717) is 0 Å². The summed E-state index contributed by atoms with van der Waals surface area (Å²) in [6, 6.07) is 0. The Kier molecular flexibility index (Phi) is 3.43. The second-order valence-electron chi connectivity index (χ2n) is 2.96. The summed E-state index contributed by atoms with van der Waals surface area (Å²) in [6.07, 6.45) is 3.09. The van der Waals surface area contributed by atoms with Gasteiger partial charge in [-0.05, 0) is 12.2 Å². The molecule has 0 amide bonds. The molecule has 1 saturated heterocycles. The van der Waals surface area contributed by atoms with Gasteiger partial charge in [-0.15, -0.1) is 6.58 Å². The van der Waals surface area contributed by atoms with E-state index in [4.69, 9.17) is 5.73 Å². The van der Waals surface area contributed by atoms with Crippen LogP contribution in [0.15, 0.2) is 12.7 Å². The normalized spacial score (nSPS) is 30.6. The first kappa shape index (κ1) is 9.10. The Bertz CT molecular complexity index is 130.